The van der Waals surface area contributed by atoms with Gasteiger partial charge in [0.2, 0.25) is 0 Å². The molecule has 0 saturated carbocycles. The van der Waals surface area contributed by atoms with E-state index < -0.39 is 0 Å². The van der Waals surface area contributed by atoms with Crippen LogP contribution in [0.1, 0.15) is 28.5 Å². The summed E-state index contributed by atoms with van der Waals surface area (Å²) in [6.45, 7) is 3.42. The maximum absolute atomic E-state index is 13.0. The van der Waals surface area contributed by atoms with Crippen LogP contribution in [0.15, 0.2) is 36.5 Å². The quantitative estimate of drug-likeness (QED) is 0.813. The van der Waals surface area contributed by atoms with Gasteiger partial charge < -0.3 is 14.4 Å². The van der Waals surface area contributed by atoms with E-state index in [0.717, 1.165) is 12.1 Å². The minimum Gasteiger partial charge on any atom is -0.372 e. The number of nitrogens with zero attached hydrogens (tertiary/aromatic N) is 4. The fourth-order valence-electron chi connectivity index (χ4n) is 3.21. The molecule has 0 fully saturated rings. The first kappa shape index (κ1) is 15.2. The number of nitriles is 1. The Bertz CT molecular complexity index is 787. The standard InChI is InChI=1S/C18H20N4O/c1-13-10-20(2)16-7-5-4-6-15(16)12-22(13)18(23)17-8-14(9-19)11-21(17)3/h4-8,11,13H,10,12H2,1-3H3. The number of benzene rings is 1. The van der Waals surface area contributed by atoms with E-state index in [9.17, 15) is 4.79 Å². The Kier molecular flexibility index (Phi) is 3.83. The molecule has 1 atom stereocenters. The number of anilines is 1. The van der Waals surface area contributed by atoms with Crippen molar-refractivity contribution in [1.82, 2.24) is 9.47 Å². The maximum Gasteiger partial charge on any atom is 0.271 e. The zero-order valence-corrected chi connectivity index (χ0v) is 13.7. The first-order valence-corrected chi connectivity index (χ1v) is 7.67. The second-order valence-electron chi connectivity index (χ2n) is 6.13. The van der Waals surface area contributed by atoms with Gasteiger partial charge in [-0.1, -0.05) is 18.2 Å². The van der Waals surface area contributed by atoms with Gasteiger partial charge in [0, 0.05) is 45.1 Å². The summed E-state index contributed by atoms with van der Waals surface area (Å²) >= 11 is 0. The van der Waals surface area contributed by atoms with Gasteiger partial charge in [-0.2, -0.15) is 5.26 Å². The number of carbonyl (C=O) groups excluding carboxylic acids is 1. The lowest BCUT2D eigenvalue weighted by Crippen LogP contribution is -2.42. The fraction of sp³-hybridized carbons (Fsp3) is 0.333. The van der Waals surface area contributed by atoms with Crippen molar-refractivity contribution in [2.45, 2.75) is 19.5 Å². The van der Waals surface area contributed by atoms with Crippen LogP contribution in [0.3, 0.4) is 0 Å². The van der Waals surface area contributed by atoms with Crippen molar-refractivity contribution in [3.63, 3.8) is 0 Å². The van der Waals surface area contributed by atoms with Crippen molar-refractivity contribution in [3.05, 3.63) is 53.3 Å². The van der Waals surface area contributed by atoms with E-state index in [4.69, 9.17) is 5.26 Å². The average molecular weight is 308 g/mol. The maximum atomic E-state index is 13.0. The molecule has 0 bridgehead atoms. The molecule has 5 nitrogen and oxygen atoms in total. The van der Waals surface area contributed by atoms with Crippen LogP contribution in [-0.4, -0.2) is 35.0 Å². The van der Waals surface area contributed by atoms with Crippen LogP contribution >= 0.6 is 0 Å². The van der Waals surface area contributed by atoms with Gasteiger partial charge >= 0.3 is 0 Å². The Morgan fingerprint density at radius 3 is 2.74 bits per heavy atom. The zero-order chi connectivity index (χ0) is 16.6. The molecular formula is C18H20N4O. The Morgan fingerprint density at radius 2 is 2.04 bits per heavy atom. The topological polar surface area (TPSA) is 52.3 Å². The van der Waals surface area contributed by atoms with Crippen LogP contribution in [0, 0.1) is 11.3 Å². The largest absolute Gasteiger partial charge is 0.372 e. The molecule has 0 aliphatic carbocycles. The van der Waals surface area contributed by atoms with E-state index in [1.165, 1.54) is 5.69 Å². The number of amides is 1. The molecule has 1 aliphatic heterocycles. The van der Waals surface area contributed by atoms with Gasteiger partial charge in [-0.3, -0.25) is 4.79 Å². The van der Waals surface area contributed by atoms with Crippen LogP contribution < -0.4 is 4.90 Å². The third-order valence-corrected chi connectivity index (χ3v) is 4.43. The highest BCUT2D eigenvalue weighted by Gasteiger charge is 2.28. The van der Waals surface area contributed by atoms with Crippen LogP contribution in [0.5, 0.6) is 0 Å². The van der Waals surface area contributed by atoms with Crippen LogP contribution in [0.4, 0.5) is 5.69 Å². The van der Waals surface area contributed by atoms with Gasteiger partial charge in [0.15, 0.2) is 0 Å². The predicted molar refractivity (Wildman–Crippen MR) is 89.2 cm³/mol. The van der Waals surface area contributed by atoms with Gasteiger partial charge in [-0.05, 0) is 24.6 Å². The molecule has 118 valence electrons. The van der Waals surface area contributed by atoms with E-state index in [1.54, 1.807) is 23.9 Å². The summed E-state index contributed by atoms with van der Waals surface area (Å²) in [6, 6.07) is 12.0. The highest BCUT2D eigenvalue weighted by molar-refractivity contribution is 5.93. The van der Waals surface area contributed by atoms with Crippen molar-refractivity contribution >= 4 is 11.6 Å². The molecule has 2 aromatic rings. The summed E-state index contributed by atoms with van der Waals surface area (Å²) in [5.41, 5.74) is 3.37. The molecule has 0 spiro atoms. The molecule has 1 aromatic carbocycles. The molecule has 0 saturated heterocycles. The molecule has 0 N–H and O–H groups in total. The Hall–Kier alpha value is -2.74. The van der Waals surface area contributed by atoms with Gasteiger partial charge in [-0.25, -0.2) is 0 Å². The number of carbonyl (C=O) groups is 1. The van der Waals surface area contributed by atoms with Crippen LogP contribution in [-0.2, 0) is 13.6 Å². The van der Waals surface area contributed by atoms with Crippen molar-refractivity contribution in [2.75, 3.05) is 18.5 Å². The van der Waals surface area contributed by atoms with Crippen LogP contribution in [0.25, 0.3) is 0 Å². The molecule has 1 unspecified atom stereocenters. The molecule has 1 aliphatic rings. The van der Waals surface area contributed by atoms with Gasteiger partial charge in [0.25, 0.3) is 5.91 Å². The van der Waals surface area contributed by atoms with Crippen LogP contribution in [0.2, 0.25) is 0 Å². The number of fused-ring (bicyclic) bond motifs is 1. The summed E-state index contributed by atoms with van der Waals surface area (Å²) in [7, 11) is 3.86. The lowest BCUT2D eigenvalue weighted by molar-refractivity contribution is 0.0677. The molecule has 1 aromatic heterocycles. The number of hydrogen-bond acceptors (Lipinski definition) is 3. The summed E-state index contributed by atoms with van der Waals surface area (Å²) in [5.74, 6) is -0.0356. The Morgan fingerprint density at radius 1 is 1.30 bits per heavy atom. The molecule has 23 heavy (non-hydrogen) atoms. The lowest BCUT2D eigenvalue weighted by atomic mass is 10.1. The number of likely N-dealkylation sites (N-methyl/N-ethyl adjacent to an activating group) is 1. The smallest absolute Gasteiger partial charge is 0.271 e. The Balaban J connectivity index is 1.97. The average Bonchev–Trinajstić information content (AvgIpc) is 2.87. The molecule has 1 amide bonds. The molecule has 0 radical (unpaired) electrons. The number of aryl methyl sites for hydroxylation is 1. The summed E-state index contributed by atoms with van der Waals surface area (Å²) in [4.78, 5) is 17.1. The van der Waals surface area contributed by atoms with Crippen molar-refractivity contribution in [2.24, 2.45) is 7.05 Å². The third-order valence-electron chi connectivity index (χ3n) is 4.43. The molecular weight excluding hydrogens is 288 g/mol. The molecule has 5 heteroatoms. The Labute approximate surface area is 136 Å². The number of rotatable bonds is 1. The first-order valence-electron chi connectivity index (χ1n) is 7.67. The highest BCUT2D eigenvalue weighted by atomic mass is 16.2. The SMILES string of the molecule is CC1CN(C)c2ccccc2CN1C(=O)c1cc(C#N)cn1C. The second-order valence-corrected chi connectivity index (χ2v) is 6.13. The predicted octanol–water partition coefficient (Wildman–Crippen LogP) is 2.38. The summed E-state index contributed by atoms with van der Waals surface area (Å²) in [5, 5.41) is 9.03. The summed E-state index contributed by atoms with van der Waals surface area (Å²) < 4.78 is 1.73. The number of hydrogen-bond donors (Lipinski definition) is 0. The van der Waals surface area contributed by atoms with Gasteiger partial charge in [0.05, 0.1) is 5.56 Å². The third kappa shape index (κ3) is 2.68. The first-order chi connectivity index (χ1) is 11.0. The monoisotopic (exact) mass is 308 g/mol. The van der Waals surface area contributed by atoms with Gasteiger partial charge in [0.1, 0.15) is 11.8 Å². The van der Waals surface area contributed by atoms with E-state index in [0.29, 0.717) is 17.8 Å². The second kappa shape index (κ2) is 5.81. The normalized spacial score (nSPS) is 17.4. The van der Waals surface area contributed by atoms with E-state index in [-0.39, 0.29) is 11.9 Å². The minimum absolute atomic E-state index is 0.0356. The molecule has 3 rings (SSSR count). The zero-order valence-electron chi connectivity index (χ0n) is 13.7. The van der Waals surface area contributed by atoms with E-state index in [1.807, 2.05) is 17.0 Å². The van der Waals surface area contributed by atoms with E-state index in [2.05, 4.69) is 37.1 Å². The number of para-hydroxylation sites is 1. The van der Waals surface area contributed by atoms with Crippen molar-refractivity contribution in [3.8, 4) is 6.07 Å². The van der Waals surface area contributed by atoms with E-state index >= 15 is 0 Å². The summed E-state index contributed by atoms with van der Waals surface area (Å²) in [6.07, 6.45) is 1.69. The highest BCUT2D eigenvalue weighted by Crippen LogP contribution is 2.27. The minimum atomic E-state index is -0.0356. The molecule has 2 heterocycles. The van der Waals surface area contributed by atoms with Crippen molar-refractivity contribution < 1.29 is 4.79 Å². The van der Waals surface area contributed by atoms with Crippen molar-refractivity contribution in [1.29, 1.82) is 5.26 Å². The fourth-order valence-corrected chi connectivity index (χ4v) is 3.21. The van der Waals surface area contributed by atoms with Gasteiger partial charge in [-0.15, -0.1) is 0 Å². The lowest BCUT2D eigenvalue weighted by Gasteiger charge is -2.28. The number of aromatic nitrogens is 1.